The summed E-state index contributed by atoms with van der Waals surface area (Å²) in [6, 6.07) is 17.5. The van der Waals surface area contributed by atoms with E-state index in [9.17, 15) is 4.79 Å². The Morgan fingerprint density at radius 3 is 2.72 bits per heavy atom. The molecular weight excluding hydrogens is 402 g/mol. The molecule has 8 heteroatoms. The van der Waals surface area contributed by atoms with E-state index in [0.717, 1.165) is 22.0 Å². The average molecular weight is 423 g/mol. The zero-order valence-electron chi connectivity index (χ0n) is 17.7. The Hall–Kier alpha value is -4.33. The molecule has 2 aromatic carbocycles. The minimum atomic E-state index is -0.289. The number of carbonyl (C=O) groups excluding carboxylic acids is 1. The van der Waals surface area contributed by atoms with Crippen molar-refractivity contribution in [2.24, 2.45) is 7.05 Å². The van der Waals surface area contributed by atoms with Crippen molar-refractivity contribution in [1.82, 2.24) is 29.5 Å². The van der Waals surface area contributed by atoms with Crippen molar-refractivity contribution in [3.63, 3.8) is 0 Å². The molecule has 3 aromatic heterocycles. The summed E-state index contributed by atoms with van der Waals surface area (Å²) >= 11 is 0. The van der Waals surface area contributed by atoms with Crippen molar-refractivity contribution >= 4 is 22.8 Å². The number of hydrogen-bond acceptors (Lipinski definition) is 5. The smallest absolute Gasteiger partial charge is 0.258 e. The first-order chi connectivity index (χ1) is 15.6. The second kappa shape index (κ2) is 8.07. The number of aromatic nitrogens is 6. The summed E-state index contributed by atoms with van der Waals surface area (Å²) in [5.41, 5.74) is 5.09. The zero-order chi connectivity index (χ0) is 22.1. The van der Waals surface area contributed by atoms with Crippen LogP contribution in [-0.2, 0) is 13.6 Å². The molecule has 0 atom stereocenters. The lowest BCUT2D eigenvalue weighted by atomic mass is 10.1. The fraction of sp³-hybridized carbons (Fsp3) is 0.125. The van der Waals surface area contributed by atoms with E-state index >= 15 is 0 Å². The fourth-order valence-electron chi connectivity index (χ4n) is 3.62. The SMILES string of the molecule is Cc1ccccc1Cn1cnc(NC(=O)c2cc(-c3cnn(C)c3)nc3ccccc23)n1. The van der Waals surface area contributed by atoms with Crippen molar-refractivity contribution in [1.29, 1.82) is 0 Å². The summed E-state index contributed by atoms with van der Waals surface area (Å²) in [5, 5.41) is 12.2. The van der Waals surface area contributed by atoms with Gasteiger partial charge in [0.1, 0.15) is 6.33 Å². The van der Waals surface area contributed by atoms with Gasteiger partial charge in [-0.3, -0.25) is 14.8 Å². The first-order valence-electron chi connectivity index (χ1n) is 10.2. The Morgan fingerprint density at radius 2 is 1.91 bits per heavy atom. The summed E-state index contributed by atoms with van der Waals surface area (Å²) in [5.74, 6) is -0.0326. The molecule has 5 aromatic rings. The summed E-state index contributed by atoms with van der Waals surface area (Å²) in [4.78, 5) is 22.2. The predicted molar refractivity (Wildman–Crippen MR) is 122 cm³/mol. The lowest BCUT2D eigenvalue weighted by Crippen LogP contribution is -2.14. The molecule has 1 N–H and O–H groups in total. The minimum absolute atomic E-state index is 0.257. The highest BCUT2D eigenvalue weighted by molar-refractivity contribution is 6.12. The molecule has 32 heavy (non-hydrogen) atoms. The van der Waals surface area contributed by atoms with Crippen LogP contribution in [0.25, 0.3) is 22.2 Å². The van der Waals surface area contributed by atoms with Gasteiger partial charge in [0.05, 0.1) is 29.5 Å². The lowest BCUT2D eigenvalue weighted by molar-refractivity contribution is 0.102. The van der Waals surface area contributed by atoms with E-state index in [1.54, 1.807) is 28.0 Å². The molecule has 0 radical (unpaired) electrons. The molecule has 0 aliphatic rings. The van der Waals surface area contributed by atoms with Crippen LogP contribution in [0.3, 0.4) is 0 Å². The third-order valence-electron chi connectivity index (χ3n) is 5.32. The van der Waals surface area contributed by atoms with E-state index in [4.69, 9.17) is 4.98 Å². The Balaban J connectivity index is 1.44. The molecule has 1 amide bonds. The second-order valence-corrected chi connectivity index (χ2v) is 7.62. The molecule has 3 heterocycles. The molecule has 0 aliphatic heterocycles. The molecule has 0 bridgehead atoms. The molecule has 158 valence electrons. The lowest BCUT2D eigenvalue weighted by Gasteiger charge is -2.08. The number of hydrogen-bond donors (Lipinski definition) is 1. The summed E-state index contributed by atoms with van der Waals surface area (Å²) < 4.78 is 3.42. The highest BCUT2D eigenvalue weighted by atomic mass is 16.1. The summed E-state index contributed by atoms with van der Waals surface area (Å²) in [6.45, 7) is 2.64. The molecule has 5 rings (SSSR count). The highest BCUT2D eigenvalue weighted by Gasteiger charge is 2.16. The van der Waals surface area contributed by atoms with Gasteiger partial charge in [0.2, 0.25) is 5.95 Å². The van der Waals surface area contributed by atoms with Crippen LogP contribution in [0.4, 0.5) is 5.95 Å². The Kier molecular flexibility index (Phi) is 4.95. The van der Waals surface area contributed by atoms with Gasteiger partial charge in [-0.15, -0.1) is 5.10 Å². The number of para-hydroxylation sites is 1. The number of rotatable bonds is 5. The van der Waals surface area contributed by atoms with Crippen LogP contribution >= 0.6 is 0 Å². The molecule has 8 nitrogen and oxygen atoms in total. The Bertz CT molecular complexity index is 1430. The normalized spacial score (nSPS) is 11.1. The number of benzene rings is 2. The highest BCUT2D eigenvalue weighted by Crippen LogP contribution is 2.25. The van der Waals surface area contributed by atoms with E-state index in [2.05, 4.69) is 39.6 Å². The number of anilines is 1. The standard InChI is InChI=1S/C24H21N7O/c1-16-7-3-4-8-17(16)14-31-15-25-24(29-31)28-23(32)20-11-22(18-12-26-30(2)13-18)27-21-10-6-5-9-19(20)21/h3-13,15H,14H2,1-2H3,(H,28,29,32). The monoisotopic (exact) mass is 423 g/mol. The van der Waals surface area contributed by atoms with Gasteiger partial charge in [0.15, 0.2) is 0 Å². The van der Waals surface area contributed by atoms with Crippen LogP contribution in [0.2, 0.25) is 0 Å². The molecule has 0 aliphatic carbocycles. The van der Waals surface area contributed by atoms with Crippen LogP contribution in [0, 0.1) is 6.92 Å². The zero-order valence-corrected chi connectivity index (χ0v) is 17.7. The average Bonchev–Trinajstić information content (AvgIpc) is 3.43. The number of nitrogens with zero attached hydrogens (tertiary/aromatic N) is 6. The number of amides is 1. The van der Waals surface area contributed by atoms with Crippen LogP contribution in [0.15, 0.2) is 73.3 Å². The minimum Gasteiger partial charge on any atom is -0.289 e. The van der Waals surface area contributed by atoms with E-state index in [0.29, 0.717) is 17.8 Å². The maximum absolute atomic E-state index is 13.2. The first kappa shape index (κ1) is 19.6. The van der Waals surface area contributed by atoms with Crippen LogP contribution in [0.5, 0.6) is 0 Å². The van der Waals surface area contributed by atoms with E-state index < -0.39 is 0 Å². The van der Waals surface area contributed by atoms with Crippen LogP contribution < -0.4 is 5.32 Å². The van der Waals surface area contributed by atoms with Gasteiger partial charge in [-0.25, -0.2) is 14.6 Å². The number of fused-ring (bicyclic) bond motifs is 1. The third-order valence-corrected chi connectivity index (χ3v) is 5.32. The van der Waals surface area contributed by atoms with Crippen LogP contribution in [0.1, 0.15) is 21.5 Å². The van der Waals surface area contributed by atoms with E-state index in [1.807, 2.05) is 49.6 Å². The van der Waals surface area contributed by atoms with Gasteiger partial charge in [-0.05, 0) is 30.2 Å². The molecule has 0 spiro atoms. The molecule has 0 saturated heterocycles. The predicted octanol–water partition coefficient (Wildman–Crippen LogP) is 3.84. The molecule has 0 fully saturated rings. The van der Waals surface area contributed by atoms with Gasteiger partial charge < -0.3 is 0 Å². The third kappa shape index (κ3) is 3.85. The summed E-state index contributed by atoms with van der Waals surface area (Å²) in [6.07, 6.45) is 5.22. The Labute approximate surface area is 184 Å². The van der Waals surface area contributed by atoms with E-state index in [1.165, 1.54) is 5.56 Å². The first-order valence-corrected chi connectivity index (χ1v) is 10.2. The largest absolute Gasteiger partial charge is 0.289 e. The second-order valence-electron chi connectivity index (χ2n) is 7.62. The van der Waals surface area contributed by atoms with Gasteiger partial charge >= 0.3 is 0 Å². The topological polar surface area (TPSA) is 90.5 Å². The van der Waals surface area contributed by atoms with Crippen molar-refractivity contribution in [2.45, 2.75) is 13.5 Å². The molecule has 0 unspecified atom stereocenters. The van der Waals surface area contributed by atoms with Gasteiger partial charge in [-0.1, -0.05) is 42.5 Å². The van der Waals surface area contributed by atoms with E-state index in [-0.39, 0.29) is 11.9 Å². The quantitative estimate of drug-likeness (QED) is 0.464. The Morgan fingerprint density at radius 1 is 1.09 bits per heavy atom. The van der Waals surface area contributed by atoms with Crippen molar-refractivity contribution in [2.75, 3.05) is 5.32 Å². The van der Waals surface area contributed by atoms with Crippen LogP contribution in [-0.4, -0.2) is 35.4 Å². The number of pyridine rings is 1. The molecule has 0 saturated carbocycles. The van der Waals surface area contributed by atoms with Gasteiger partial charge in [0, 0.05) is 24.2 Å². The summed E-state index contributed by atoms with van der Waals surface area (Å²) in [7, 11) is 1.84. The number of aryl methyl sites for hydroxylation is 2. The fourth-order valence-corrected chi connectivity index (χ4v) is 3.62. The molecular formula is C24H21N7O. The number of nitrogens with one attached hydrogen (secondary N) is 1. The maximum Gasteiger partial charge on any atom is 0.258 e. The maximum atomic E-state index is 13.2. The van der Waals surface area contributed by atoms with Gasteiger partial charge in [0.25, 0.3) is 5.91 Å². The number of carbonyl (C=O) groups is 1. The van der Waals surface area contributed by atoms with Crippen molar-refractivity contribution in [3.8, 4) is 11.3 Å². The van der Waals surface area contributed by atoms with Gasteiger partial charge in [-0.2, -0.15) is 5.10 Å². The van der Waals surface area contributed by atoms with Crippen molar-refractivity contribution < 1.29 is 4.79 Å². The van der Waals surface area contributed by atoms with Crippen molar-refractivity contribution in [3.05, 3.63) is 90.0 Å².